The summed E-state index contributed by atoms with van der Waals surface area (Å²) in [4.78, 5) is 25.1. The van der Waals surface area contributed by atoms with Crippen LogP contribution in [0.4, 0.5) is 0 Å². The van der Waals surface area contributed by atoms with E-state index < -0.39 is 6.10 Å². The van der Waals surface area contributed by atoms with Crippen LogP contribution in [-0.4, -0.2) is 48.1 Å². The number of halogens is 1. The summed E-state index contributed by atoms with van der Waals surface area (Å²) in [6.45, 7) is 2.09. The van der Waals surface area contributed by atoms with Gasteiger partial charge in [-0.15, -0.1) is 0 Å². The number of nitrogens with zero attached hydrogens (tertiary/aromatic N) is 1. The van der Waals surface area contributed by atoms with Gasteiger partial charge in [-0.25, -0.2) is 0 Å². The quantitative estimate of drug-likeness (QED) is 0.821. The lowest BCUT2D eigenvalue weighted by Crippen LogP contribution is -2.39. The lowest BCUT2D eigenvalue weighted by atomic mass is 10.2. The van der Waals surface area contributed by atoms with Crippen molar-refractivity contribution < 1.29 is 14.7 Å². The number of rotatable bonds is 6. The molecule has 1 rings (SSSR count). The summed E-state index contributed by atoms with van der Waals surface area (Å²) in [5.41, 5.74) is 0.507. The second-order valence-electron chi connectivity index (χ2n) is 4.64. The second-order valence-corrected chi connectivity index (χ2v) is 5.56. The minimum absolute atomic E-state index is 0.0504. The number of carbonyl (C=O) groups is 2. The molecule has 20 heavy (non-hydrogen) atoms. The number of nitrogens with one attached hydrogen (secondary N) is 1. The van der Waals surface area contributed by atoms with Crippen LogP contribution in [0.1, 0.15) is 23.7 Å². The van der Waals surface area contributed by atoms with Crippen molar-refractivity contribution in [2.45, 2.75) is 19.4 Å². The third-order valence-electron chi connectivity index (χ3n) is 2.81. The zero-order valence-electron chi connectivity index (χ0n) is 11.6. The Bertz CT molecular complexity index is 460. The number of carbonyl (C=O) groups excluding carboxylic acids is 2. The van der Waals surface area contributed by atoms with Crippen molar-refractivity contribution in [3.8, 4) is 0 Å². The van der Waals surface area contributed by atoms with Gasteiger partial charge in [-0.1, -0.05) is 15.9 Å². The first-order chi connectivity index (χ1) is 9.40. The Balaban J connectivity index is 2.40. The van der Waals surface area contributed by atoms with E-state index in [0.717, 1.165) is 4.47 Å². The zero-order chi connectivity index (χ0) is 15.1. The van der Waals surface area contributed by atoms with Gasteiger partial charge in [-0.05, 0) is 37.6 Å². The van der Waals surface area contributed by atoms with Gasteiger partial charge in [0.15, 0.2) is 0 Å². The Morgan fingerprint density at radius 1 is 1.35 bits per heavy atom. The average molecular weight is 343 g/mol. The molecule has 110 valence electrons. The van der Waals surface area contributed by atoms with Gasteiger partial charge in [0.05, 0.1) is 12.6 Å². The van der Waals surface area contributed by atoms with Gasteiger partial charge in [0.2, 0.25) is 5.91 Å². The summed E-state index contributed by atoms with van der Waals surface area (Å²) in [6, 6.07) is 6.90. The summed E-state index contributed by atoms with van der Waals surface area (Å²) in [5.74, 6) is -0.467. The molecule has 0 aromatic heterocycles. The van der Waals surface area contributed by atoms with Gasteiger partial charge < -0.3 is 15.3 Å². The fourth-order valence-corrected chi connectivity index (χ4v) is 1.76. The molecule has 0 spiro atoms. The van der Waals surface area contributed by atoms with Gasteiger partial charge in [0, 0.05) is 23.6 Å². The maximum atomic E-state index is 11.8. The highest BCUT2D eigenvalue weighted by Crippen LogP contribution is 2.10. The molecule has 0 aliphatic heterocycles. The lowest BCUT2D eigenvalue weighted by molar-refractivity contribution is -0.129. The SMILES string of the molecule is C[C@H](O)CCN(C)C(=O)CNC(=O)c1ccc(Br)cc1. The summed E-state index contributed by atoms with van der Waals surface area (Å²) >= 11 is 3.29. The van der Waals surface area contributed by atoms with Gasteiger partial charge >= 0.3 is 0 Å². The van der Waals surface area contributed by atoms with E-state index in [1.54, 1.807) is 38.2 Å². The Hall–Kier alpha value is -1.40. The number of aliphatic hydroxyl groups is 1. The smallest absolute Gasteiger partial charge is 0.251 e. The highest BCUT2D eigenvalue weighted by molar-refractivity contribution is 9.10. The van der Waals surface area contributed by atoms with Crippen molar-refractivity contribution in [3.63, 3.8) is 0 Å². The fourth-order valence-electron chi connectivity index (χ4n) is 1.50. The molecular weight excluding hydrogens is 324 g/mol. The van der Waals surface area contributed by atoms with Crippen molar-refractivity contribution in [1.29, 1.82) is 0 Å². The van der Waals surface area contributed by atoms with Crippen LogP contribution in [-0.2, 0) is 4.79 Å². The predicted octanol–water partition coefficient (Wildman–Crippen LogP) is 1.41. The monoisotopic (exact) mass is 342 g/mol. The van der Waals surface area contributed by atoms with E-state index in [1.807, 2.05) is 0 Å². The molecular formula is C14H19BrN2O3. The highest BCUT2D eigenvalue weighted by Gasteiger charge is 2.12. The largest absolute Gasteiger partial charge is 0.393 e. The molecule has 0 aliphatic rings. The number of aliphatic hydroxyl groups excluding tert-OH is 1. The maximum absolute atomic E-state index is 11.8. The standard InChI is InChI=1S/C14H19BrN2O3/c1-10(18)7-8-17(2)13(19)9-16-14(20)11-3-5-12(15)6-4-11/h3-6,10,18H,7-9H2,1-2H3,(H,16,20)/t10-/m0/s1. The van der Waals surface area contributed by atoms with Gasteiger partial charge in [-0.3, -0.25) is 9.59 Å². The van der Waals surface area contributed by atoms with E-state index >= 15 is 0 Å². The molecule has 0 fully saturated rings. The normalized spacial score (nSPS) is 11.8. The maximum Gasteiger partial charge on any atom is 0.251 e. The molecule has 0 saturated carbocycles. The average Bonchev–Trinajstić information content (AvgIpc) is 2.42. The van der Waals surface area contributed by atoms with Crippen LogP contribution in [0.5, 0.6) is 0 Å². The van der Waals surface area contributed by atoms with Crippen molar-refractivity contribution in [2.75, 3.05) is 20.1 Å². The van der Waals surface area contributed by atoms with Crippen LogP contribution in [0.2, 0.25) is 0 Å². The molecule has 2 N–H and O–H groups in total. The highest BCUT2D eigenvalue weighted by atomic mass is 79.9. The summed E-state index contributed by atoms with van der Waals surface area (Å²) in [6.07, 6.45) is 0.0747. The number of benzene rings is 1. The first-order valence-corrected chi connectivity index (χ1v) is 7.15. The predicted molar refractivity (Wildman–Crippen MR) is 80.4 cm³/mol. The Morgan fingerprint density at radius 2 is 1.95 bits per heavy atom. The first kappa shape index (κ1) is 16.7. The molecule has 1 atom stereocenters. The van der Waals surface area contributed by atoms with E-state index in [0.29, 0.717) is 18.5 Å². The van der Waals surface area contributed by atoms with Crippen LogP contribution in [0, 0.1) is 0 Å². The molecule has 1 aromatic rings. The Morgan fingerprint density at radius 3 is 2.50 bits per heavy atom. The summed E-state index contributed by atoms with van der Waals surface area (Å²) in [7, 11) is 1.65. The molecule has 5 nitrogen and oxygen atoms in total. The van der Waals surface area contributed by atoms with E-state index in [9.17, 15) is 9.59 Å². The molecule has 0 heterocycles. The van der Waals surface area contributed by atoms with E-state index in [-0.39, 0.29) is 18.4 Å². The van der Waals surface area contributed by atoms with Crippen molar-refractivity contribution in [1.82, 2.24) is 10.2 Å². The number of amides is 2. The number of hydrogen-bond donors (Lipinski definition) is 2. The molecule has 0 bridgehead atoms. The molecule has 6 heteroatoms. The second kappa shape index (κ2) is 8.01. The minimum atomic E-state index is -0.442. The summed E-state index contributed by atoms with van der Waals surface area (Å²) in [5, 5.41) is 11.7. The first-order valence-electron chi connectivity index (χ1n) is 6.36. The van der Waals surface area contributed by atoms with Crippen LogP contribution in [0.15, 0.2) is 28.7 Å². The van der Waals surface area contributed by atoms with Crippen LogP contribution in [0.25, 0.3) is 0 Å². The van der Waals surface area contributed by atoms with E-state index in [2.05, 4.69) is 21.2 Å². The molecule has 0 saturated heterocycles. The van der Waals surface area contributed by atoms with Crippen LogP contribution >= 0.6 is 15.9 Å². The lowest BCUT2D eigenvalue weighted by Gasteiger charge is -2.18. The third kappa shape index (κ3) is 5.71. The molecule has 0 aliphatic carbocycles. The zero-order valence-corrected chi connectivity index (χ0v) is 13.2. The van der Waals surface area contributed by atoms with Crippen LogP contribution < -0.4 is 5.32 Å². The number of likely N-dealkylation sites (N-methyl/N-ethyl adjacent to an activating group) is 1. The molecule has 0 radical (unpaired) electrons. The molecule has 1 aromatic carbocycles. The van der Waals surface area contributed by atoms with E-state index in [1.165, 1.54) is 4.90 Å². The fraction of sp³-hybridized carbons (Fsp3) is 0.429. The third-order valence-corrected chi connectivity index (χ3v) is 3.34. The molecule has 0 unspecified atom stereocenters. The Kier molecular flexibility index (Phi) is 6.67. The van der Waals surface area contributed by atoms with Gasteiger partial charge in [0.25, 0.3) is 5.91 Å². The molecule has 2 amide bonds. The number of hydrogen-bond acceptors (Lipinski definition) is 3. The Labute approximate surface area is 127 Å². The van der Waals surface area contributed by atoms with Gasteiger partial charge in [-0.2, -0.15) is 0 Å². The minimum Gasteiger partial charge on any atom is -0.393 e. The van der Waals surface area contributed by atoms with Crippen LogP contribution in [0.3, 0.4) is 0 Å². The summed E-state index contributed by atoms with van der Waals surface area (Å²) < 4.78 is 0.892. The topological polar surface area (TPSA) is 69.6 Å². The van der Waals surface area contributed by atoms with Crippen molar-refractivity contribution in [2.24, 2.45) is 0 Å². The van der Waals surface area contributed by atoms with Crippen molar-refractivity contribution in [3.05, 3.63) is 34.3 Å². The van der Waals surface area contributed by atoms with E-state index in [4.69, 9.17) is 5.11 Å². The van der Waals surface area contributed by atoms with Crippen molar-refractivity contribution >= 4 is 27.7 Å². The van der Waals surface area contributed by atoms with Gasteiger partial charge in [0.1, 0.15) is 0 Å².